The summed E-state index contributed by atoms with van der Waals surface area (Å²) in [7, 11) is 1.56. The first kappa shape index (κ1) is 28.4. The van der Waals surface area contributed by atoms with Crippen molar-refractivity contribution >= 4 is 29.1 Å². The van der Waals surface area contributed by atoms with E-state index in [1.165, 1.54) is 0 Å². The number of hydrogen-bond acceptors (Lipinski definition) is 6. The Morgan fingerprint density at radius 3 is 2.34 bits per heavy atom. The highest BCUT2D eigenvalue weighted by Crippen LogP contribution is 2.65. The third kappa shape index (κ3) is 4.09. The van der Waals surface area contributed by atoms with Crippen LogP contribution in [0.25, 0.3) is 0 Å². The fourth-order valence-electron chi connectivity index (χ4n) is 7.26. The second-order valence-electron chi connectivity index (χ2n) is 11.4. The third-order valence-corrected chi connectivity index (χ3v) is 9.64. The largest absolute Gasteiger partial charge is 0.394 e. The van der Waals surface area contributed by atoms with Crippen LogP contribution in [0.2, 0.25) is 0 Å². The van der Waals surface area contributed by atoms with Crippen LogP contribution in [0, 0.1) is 23.7 Å². The summed E-state index contributed by atoms with van der Waals surface area (Å²) in [6.45, 7) is 13.6. The second kappa shape index (κ2) is 10.5. The topological polar surface area (TPSA) is 111 Å². The molecule has 38 heavy (non-hydrogen) atoms. The summed E-state index contributed by atoms with van der Waals surface area (Å²) in [5, 5.41) is 16.2. The van der Waals surface area contributed by atoms with Gasteiger partial charge in [-0.05, 0) is 63.3 Å². The zero-order valence-electron chi connectivity index (χ0n) is 23.8. The minimum Gasteiger partial charge on any atom is -0.394 e. The first-order valence-electron chi connectivity index (χ1n) is 14.0. The number of likely N-dealkylation sites (tertiary alicyclic amines) is 1. The maximum atomic E-state index is 14.2. The Hall–Kier alpha value is -2.65. The summed E-state index contributed by atoms with van der Waals surface area (Å²) >= 11 is 0. The zero-order valence-corrected chi connectivity index (χ0v) is 23.8. The monoisotopic (exact) mass is 528 g/mol. The molecule has 0 aliphatic carbocycles. The molecule has 1 aromatic carbocycles. The van der Waals surface area contributed by atoms with Crippen LogP contribution in [0.4, 0.5) is 11.4 Å². The molecule has 3 N–H and O–H groups in total. The Bertz CT molecular complexity index is 1060. The number of ether oxygens (including phenoxy) is 1. The van der Waals surface area contributed by atoms with E-state index in [-0.39, 0.29) is 36.2 Å². The van der Waals surface area contributed by atoms with E-state index in [1.54, 1.807) is 11.9 Å². The van der Waals surface area contributed by atoms with Gasteiger partial charge in [0.2, 0.25) is 17.7 Å². The lowest BCUT2D eigenvalue weighted by atomic mass is 9.62. The summed E-state index contributed by atoms with van der Waals surface area (Å²) in [6, 6.07) is 6.14. The predicted molar refractivity (Wildman–Crippen MR) is 147 cm³/mol. The number of benzene rings is 1. The van der Waals surface area contributed by atoms with Gasteiger partial charge in [0.15, 0.2) is 0 Å². The highest BCUT2D eigenvalue weighted by Gasteiger charge is 2.80. The van der Waals surface area contributed by atoms with Crippen LogP contribution in [-0.4, -0.2) is 77.8 Å². The summed E-state index contributed by atoms with van der Waals surface area (Å²) in [6.07, 6.45) is 1.21. The Balaban J connectivity index is 1.76. The van der Waals surface area contributed by atoms with E-state index in [1.807, 2.05) is 52.0 Å². The lowest BCUT2D eigenvalue weighted by Gasteiger charge is -2.39. The molecule has 3 heterocycles. The van der Waals surface area contributed by atoms with E-state index in [9.17, 15) is 19.5 Å². The fourth-order valence-corrected chi connectivity index (χ4v) is 7.26. The first-order chi connectivity index (χ1) is 18.0. The average molecular weight is 529 g/mol. The number of fused-ring (bicyclic) bond motifs is 1. The summed E-state index contributed by atoms with van der Waals surface area (Å²) in [4.78, 5) is 45.3. The van der Waals surface area contributed by atoms with Crippen molar-refractivity contribution in [1.29, 1.82) is 0 Å². The number of hydrogen-bond donors (Lipinski definition) is 3. The van der Waals surface area contributed by atoms with Gasteiger partial charge in [-0.15, -0.1) is 0 Å². The molecule has 1 spiro atoms. The molecule has 3 fully saturated rings. The third-order valence-electron chi connectivity index (χ3n) is 9.64. The van der Waals surface area contributed by atoms with Gasteiger partial charge in [0.1, 0.15) is 11.6 Å². The Kier molecular flexibility index (Phi) is 7.83. The molecule has 1 aromatic rings. The lowest BCUT2D eigenvalue weighted by molar-refractivity contribution is -0.150. The number of aliphatic hydroxyl groups is 1. The maximum absolute atomic E-state index is 14.2. The number of nitrogens with one attached hydrogen (secondary N) is 2. The second-order valence-corrected chi connectivity index (χ2v) is 11.4. The van der Waals surface area contributed by atoms with Crippen molar-refractivity contribution in [2.45, 2.75) is 77.7 Å². The van der Waals surface area contributed by atoms with Crippen LogP contribution in [-0.2, 0) is 19.1 Å². The molecule has 210 valence electrons. The Morgan fingerprint density at radius 2 is 1.82 bits per heavy atom. The van der Waals surface area contributed by atoms with Gasteiger partial charge in [-0.2, -0.15) is 0 Å². The number of carbonyl (C=O) groups is 3. The first-order valence-corrected chi connectivity index (χ1v) is 14.0. The average Bonchev–Trinajstić information content (AvgIpc) is 3.42. The maximum Gasteiger partial charge on any atom is 0.250 e. The number of amides is 3. The number of rotatable bonds is 10. The SMILES string of the molecule is CC[C@H](C)[C@H](CO)N1C(=O)[C@@H]2[C@@H](C(=O)NC)[C@]3(C)OC2(CC3C)C1C(=O)Nc1ccc(N(CC)CC)cc1. The van der Waals surface area contributed by atoms with E-state index in [0.29, 0.717) is 12.1 Å². The molecule has 2 bridgehead atoms. The van der Waals surface area contributed by atoms with E-state index < -0.39 is 35.1 Å². The molecule has 8 atom stereocenters. The number of anilines is 2. The van der Waals surface area contributed by atoms with Gasteiger partial charge >= 0.3 is 0 Å². The molecule has 3 aliphatic rings. The molecule has 4 rings (SSSR count). The molecule has 0 saturated carbocycles. The molecule has 3 unspecified atom stereocenters. The van der Waals surface area contributed by atoms with Gasteiger partial charge in [0.25, 0.3) is 0 Å². The minimum atomic E-state index is -1.14. The molecular formula is C29H44N4O5. The number of aliphatic hydroxyl groups excluding tert-OH is 1. The molecule has 9 nitrogen and oxygen atoms in total. The van der Waals surface area contributed by atoms with Crippen molar-refractivity contribution in [3.05, 3.63) is 24.3 Å². The molecule has 3 saturated heterocycles. The minimum absolute atomic E-state index is 0.0337. The molecule has 0 aromatic heterocycles. The highest BCUT2D eigenvalue weighted by molar-refractivity contribution is 6.04. The summed E-state index contributed by atoms with van der Waals surface area (Å²) in [5.74, 6) is -2.48. The van der Waals surface area contributed by atoms with Crippen molar-refractivity contribution in [3.8, 4) is 0 Å². The van der Waals surface area contributed by atoms with Crippen LogP contribution in [0.3, 0.4) is 0 Å². The standard InChI is InChI=1S/C29H44N4O5/c1-8-17(4)21(16-34)33-24(26(36)31-19-11-13-20(14-12-19)32(9-2)10-3)29-15-18(5)28(6,38-29)22(25(35)30-7)23(29)27(33)37/h11-14,17-18,21-24,34H,8-10,15-16H2,1-7H3,(H,30,35)(H,31,36)/t17-,18?,21-,22-,23-,24?,28+,29?/m0/s1. The molecule has 3 aliphatic heterocycles. The molecule has 9 heteroatoms. The van der Waals surface area contributed by atoms with Gasteiger partial charge in [-0.25, -0.2) is 0 Å². The molecular weight excluding hydrogens is 484 g/mol. The van der Waals surface area contributed by atoms with E-state index in [0.717, 1.165) is 25.2 Å². The van der Waals surface area contributed by atoms with E-state index >= 15 is 0 Å². The van der Waals surface area contributed by atoms with Crippen LogP contribution >= 0.6 is 0 Å². The fraction of sp³-hybridized carbons (Fsp3) is 0.690. The van der Waals surface area contributed by atoms with Gasteiger partial charge in [-0.3, -0.25) is 14.4 Å². The quantitative estimate of drug-likeness (QED) is 0.431. The number of carbonyl (C=O) groups excluding carboxylic acids is 3. The Morgan fingerprint density at radius 1 is 1.18 bits per heavy atom. The number of nitrogens with zero attached hydrogens (tertiary/aromatic N) is 2. The smallest absolute Gasteiger partial charge is 0.250 e. The van der Waals surface area contributed by atoms with Gasteiger partial charge < -0.3 is 30.3 Å². The Labute approximate surface area is 226 Å². The van der Waals surface area contributed by atoms with Crippen molar-refractivity contribution in [2.75, 3.05) is 37.0 Å². The van der Waals surface area contributed by atoms with Crippen molar-refractivity contribution in [1.82, 2.24) is 10.2 Å². The summed E-state index contributed by atoms with van der Waals surface area (Å²) < 4.78 is 6.71. The highest BCUT2D eigenvalue weighted by atomic mass is 16.5. The van der Waals surface area contributed by atoms with Gasteiger partial charge in [-0.1, -0.05) is 27.2 Å². The van der Waals surface area contributed by atoms with E-state index in [2.05, 4.69) is 29.4 Å². The van der Waals surface area contributed by atoms with Crippen LogP contribution < -0.4 is 15.5 Å². The van der Waals surface area contributed by atoms with Crippen LogP contribution in [0.5, 0.6) is 0 Å². The molecule has 0 radical (unpaired) electrons. The van der Waals surface area contributed by atoms with Gasteiger partial charge in [0.05, 0.1) is 30.1 Å². The lowest BCUT2D eigenvalue weighted by Crippen LogP contribution is -2.57. The van der Waals surface area contributed by atoms with Crippen molar-refractivity contribution < 1.29 is 24.2 Å². The van der Waals surface area contributed by atoms with Crippen LogP contribution in [0.15, 0.2) is 24.3 Å². The van der Waals surface area contributed by atoms with Crippen molar-refractivity contribution in [2.24, 2.45) is 23.7 Å². The molecule has 3 amide bonds. The van der Waals surface area contributed by atoms with E-state index in [4.69, 9.17) is 4.74 Å². The zero-order chi connectivity index (χ0) is 28.0. The van der Waals surface area contributed by atoms with Gasteiger partial charge in [0, 0.05) is 31.5 Å². The van der Waals surface area contributed by atoms with Crippen molar-refractivity contribution in [3.63, 3.8) is 0 Å². The van der Waals surface area contributed by atoms with Crippen LogP contribution in [0.1, 0.15) is 54.4 Å². The predicted octanol–water partition coefficient (Wildman–Crippen LogP) is 2.64. The normalized spacial score (nSPS) is 33.2. The summed E-state index contributed by atoms with van der Waals surface area (Å²) in [5.41, 5.74) is -0.318.